The second kappa shape index (κ2) is 5.82. The Labute approximate surface area is 112 Å². The predicted octanol–water partition coefficient (Wildman–Crippen LogP) is 1.87. The number of carbonyl (C=O) groups excluding carboxylic acids is 1. The number of hydrogen-bond acceptors (Lipinski definition) is 3. The Morgan fingerprint density at radius 1 is 1.44 bits per heavy atom. The second-order valence-electron chi connectivity index (χ2n) is 4.18. The lowest BCUT2D eigenvalue weighted by Gasteiger charge is -2.21. The van der Waals surface area contributed by atoms with E-state index >= 15 is 0 Å². The molecule has 0 bridgehead atoms. The van der Waals surface area contributed by atoms with Crippen LogP contribution in [0.15, 0.2) is 24.3 Å². The summed E-state index contributed by atoms with van der Waals surface area (Å²) in [6.45, 7) is 1.05. The third kappa shape index (κ3) is 2.98. The standard InChI is InChI=1S/C13H16N2O2S/c14-12(18)6-3-8-15-10-4-1-2-5-11(10)17-9-7-13(15)16/h1-2,4-5H,3,6-9H2,(H2,14,18). The van der Waals surface area contributed by atoms with Crippen LogP contribution in [-0.4, -0.2) is 24.0 Å². The Hall–Kier alpha value is -1.62. The van der Waals surface area contributed by atoms with Crippen LogP contribution < -0.4 is 15.4 Å². The zero-order valence-electron chi connectivity index (χ0n) is 10.1. The first kappa shape index (κ1) is 12.8. The molecule has 0 saturated heterocycles. The fraction of sp³-hybridized carbons (Fsp3) is 0.385. The smallest absolute Gasteiger partial charge is 0.230 e. The van der Waals surface area contributed by atoms with Gasteiger partial charge in [-0.3, -0.25) is 4.79 Å². The summed E-state index contributed by atoms with van der Waals surface area (Å²) in [6.07, 6.45) is 1.83. The van der Waals surface area contributed by atoms with Crippen molar-refractivity contribution in [3.8, 4) is 5.75 Å². The van der Waals surface area contributed by atoms with Gasteiger partial charge >= 0.3 is 0 Å². The Morgan fingerprint density at radius 3 is 3.00 bits per heavy atom. The number of thiocarbonyl (C=S) groups is 1. The third-order valence-electron chi connectivity index (χ3n) is 2.84. The molecule has 2 N–H and O–H groups in total. The third-order valence-corrected chi connectivity index (χ3v) is 3.04. The molecule has 2 rings (SSSR count). The van der Waals surface area contributed by atoms with Crippen molar-refractivity contribution < 1.29 is 9.53 Å². The van der Waals surface area contributed by atoms with Gasteiger partial charge < -0.3 is 15.4 Å². The summed E-state index contributed by atoms with van der Waals surface area (Å²) in [4.78, 5) is 14.3. The molecule has 18 heavy (non-hydrogen) atoms. The summed E-state index contributed by atoms with van der Waals surface area (Å²) in [5, 5.41) is 0. The minimum Gasteiger partial charge on any atom is -0.491 e. The van der Waals surface area contributed by atoms with Gasteiger partial charge in [0.25, 0.3) is 0 Å². The van der Waals surface area contributed by atoms with Crippen molar-refractivity contribution in [3.63, 3.8) is 0 Å². The number of fused-ring (bicyclic) bond motifs is 1. The number of ether oxygens (including phenoxy) is 1. The molecule has 96 valence electrons. The molecule has 1 aliphatic rings. The topological polar surface area (TPSA) is 55.6 Å². The van der Waals surface area contributed by atoms with Gasteiger partial charge in [-0.1, -0.05) is 24.4 Å². The molecule has 4 nitrogen and oxygen atoms in total. The van der Waals surface area contributed by atoms with Crippen LogP contribution in [0.25, 0.3) is 0 Å². The van der Waals surface area contributed by atoms with E-state index in [0.29, 0.717) is 31.0 Å². The quantitative estimate of drug-likeness (QED) is 0.843. The zero-order chi connectivity index (χ0) is 13.0. The normalized spacial score (nSPS) is 14.7. The molecule has 0 saturated carbocycles. The number of nitrogens with zero attached hydrogens (tertiary/aromatic N) is 1. The fourth-order valence-electron chi connectivity index (χ4n) is 1.98. The van der Waals surface area contributed by atoms with E-state index in [1.54, 1.807) is 4.90 Å². The maximum Gasteiger partial charge on any atom is 0.230 e. The highest BCUT2D eigenvalue weighted by Gasteiger charge is 2.22. The van der Waals surface area contributed by atoms with E-state index in [-0.39, 0.29) is 5.91 Å². The Kier molecular flexibility index (Phi) is 4.15. The highest BCUT2D eigenvalue weighted by molar-refractivity contribution is 7.80. The summed E-state index contributed by atoms with van der Waals surface area (Å²) in [6, 6.07) is 7.59. The lowest BCUT2D eigenvalue weighted by Crippen LogP contribution is -2.31. The van der Waals surface area contributed by atoms with Crippen LogP contribution in [0.5, 0.6) is 5.75 Å². The molecule has 1 aromatic rings. The molecule has 0 unspecified atom stereocenters. The maximum absolute atomic E-state index is 12.0. The molecule has 1 aliphatic heterocycles. The summed E-state index contributed by atoms with van der Waals surface area (Å²) < 4.78 is 5.56. The summed E-state index contributed by atoms with van der Waals surface area (Å²) in [7, 11) is 0. The first-order valence-electron chi connectivity index (χ1n) is 5.99. The maximum atomic E-state index is 12.0. The molecule has 1 amide bonds. The lowest BCUT2D eigenvalue weighted by atomic mass is 10.2. The van der Waals surface area contributed by atoms with Crippen molar-refractivity contribution in [2.45, 2.75) is 19.3 Å². The first-order valence-corrected chi connectivity index (χ1v) is 6.40. The van der Waals surface area contributed by atoms with Gasteiger partial charge in [-0.15, -0.1) is 0 Å². The largest absolute Gasteiger partial charge is 0.491 e. The Bertz CT molecular complexity index is 462. The number of nitrogens with two attached hydrogens (primary N) is 1. The molecule has 0 spiro atoms. The average Bonchev–Trinajstić information content (AvgIpc) is 2.49. The van der Waals surface area contributed by atoms with E-state index in [1.165, 1.54) is 0 Å². The van der Waals surface area contributed by atoms with Crippen LogP contribution in [-0.2, 0) is 4.79 Å². The summed E-state index contributed by atoms with van der Waals surface area (Å²) in [5.41, 5.74) is 6.31. The fourth-order valence-corrected chi connectivity index (χ4v) is 2.12. The SMILES string of the molecule is NC(=S)CCCN1C(=O)CCOc2ccccc21. The molecule has 5 heteroatoms. The van der Waals surface area contributed by atoms with Gasteiger partial charge in [-0.25, -0.2) is 0 Å². The molecule has 0 fully saturated rings. The number of hydrogen-bond donors (Lipinski definition) is 1. The number of anilines is 1. The number of benzene rings is 1. The van der Waals surface area contributed by atoms with Crippen LogP contribution in [0.3, 0.4) is 0 Å². The Morgan fingerprint density at radius 2 is 2.22 bits per heavy atom. The van der Waals surface area contributed by atoms with Crippen LogP contribution in [0.4, 0.5) is 5.69 Å². The van der Waals surface area contributed by atoms with Crippen LogP contribution in [0.1, 0.15) is 19.3 Å². The van der Waals surface area contributed by atoms with Gasteiger partial charge in [0, 0.05) is 6.54 Å². The van der Waals surface area contributed by atoms with Gasteiger partial charge in [0.05, 0.1) is 23.7 Å². The number of amides is 1. The highest BCUT2D eigenvalue weighted by Crippen LogP contribution is 2.31. The monoisotopic (exact) mass is 264 g/mol. The van der Waals surface area contributed by atoms with E-state index < -0.39 is 0 Å². The lowest BCUT2D eigenvalue weighted by molar-refractivity contribution is -0.118. The van der Waals surface area contributed by atoms with Crippen molar-refractivity contribution in [3.05, 3.63) is 24.3 Å². The Balaban J connectivity index is 2.15. The van der Waals surface area contributed by atoms with Crippen LogP contribution in [0, 0.1) is 0 Å². The first-order chi connectivity index (χ1) is 8.68. The van der Waals surface area contributed by atoms with E-state index in [1.807, 2.05) is 24.3 Å². The molecule has 1 aromatic carbocycles. The minimum atomic E-state index is 0.0860. The zero-order valence-corrected chi connectivity index (χ0v) is 10.9. The van der Waals surface area contributed by atoms with E-state index in [2.05, 4.69) is 0 Å². The highest BCUT2D eigenvalue weighted by atomic mass is 32.1. The van der Waals surface area contributed by atoms with Crippen molar-refractivity contribution >= 4 is 28.8 Å². The van der Waals surface area contributed by atoms with Gasteiger partial charge in [-0.05, 0) is 25.0 Å². The molecule has 0 atom stereocenters. The van der Waals surface area contributed by atoms with Crippen molar-refractivity contribution in [2.24, 2.45) is 5.73 Å². The number of para-hydroxylation sites is 2. The van der Waals surface area contributed by atoms with Gasteiger partial charge in [0.15, 0.2) is 0 Å². The van der Waals surface area contributed by atoms with Crippen molar-refractivity contribution in [1.82, 2.24) is 0 Å². The van der Waals surface area contributed by atoms with Gasteiger partial charge in [0.1, 0.15) is 5.75 Å². The molecule has 1 heterocycles. The summed E-state index contributed by atoms with van der Waals surface area (Å²) in [5.74, 6) is 0.849. The molecular formula is C13H16N2O2S. The molecular weight excluding hydrogens is 248 g/mol. The number of carbonyl (C=O) groups is 1. The average molecular weight is 264 g/mol. The van der Waals surface area contributed by atoms with Crippen molar-refractivity contribution in [1.29, 1.82) is 0 Å². The van der Waals surface area contributed by atoms with Crippen molar-refractivity contribution in [2.75, 3.05) is 18.1 Å². The van der Waals surface area contributed by atoms with E-state index in [0.717, 1.165) is 17.9 Å². The molecule has 0 radical (unpaired) electrons. The van der Waals surface area contributed by atoms with Gasteiger partial charge in [0.2, 0.25) is 5.91 Å². The second-order valence-corrected chi connectivity index (χ2v) is 4.71. The molecule has 0 aliphatic carbocycles. The molecule has 0 aromatic heterocycles. The van der Waals surface area contributed by atoms with E-state index in [4.69, 9.17) is 22.7 Å². The van der Waals surface area contributed by atoms with Crippen LogP contribution >= 0.6 is 12.2 Å². The minimum absolute atomic E-state index is 0.0860. The summed E-state index contributed by atoms with van der Waals surface area (Å²) >= 11 is 4.85. The van der Waals surface area contributed by atoms with Gasteiger partial charge in [-0.2, -0.15) is 0 Å². The number of rotatable bonds is 4. The van der Waals surface area contributed by atoms with Crippen LogP contribution in [0.2, 0.25) is 0 Å². The predicted molar refractivity (Wildman–Crippen MR) is 74.9 cm³/mol. The van der Waals surface area contributed by atoms with E-state index in [9.17, 15) is 4.79 Å².